The first-order chi connectivity index (χ1) is 9.47. The lowest BCUT2D eigenvalue weighted by atomic mass is 9.88. The molecule has 4 nitrogen and oxygen atoms in total. The van der Waals surface area contributed by atoms with Crippen LogP contribution in [0.2, 0.25) is 0 Å². The van der Waals surface area contributed by atoms with Gasteiger partial charge in [-0.25, -0.2) is 0 Å². The van der Waals surface area contributed by atoms with Gasteiger partial charge in [-0.2, -0.15) is 0 Å². The fraction of sp³-hybridized carbons (Fsp3) is 0.600. The van der Waals surface area contributed by atoms with Crippen LogP contribution in [0.5, 0.6) is 0 Å². The number of primary amides is 1. The molecule has 2 fully saturated rings. The highest BCUT2D eigenvalue weighted by Crippen LogP contribution is 2.48. The number of anilines is 1. The summed E-state index contributed by atoms with van der Waals surface area (Å²) < 4.78 is 0. The molecule has 2 aliphatic rings. The van der Waals surface area contributed by atoms with Crippen LogP contribution in [-0.2, 0) is 4.79 Å². The lowest BCUT2D eigenvalue weighted by Crippen LogP contribution is -2.27. The van der Waals surface area contributed by atoms with Crippen molar-refractivity contribution in [1.82, 2.24) is 0 Å². The van der Waals surface area contributed by atoms with Crippen LogP contribution in [0.15, 0.2) is 0 Å². The van der Waals surface area contributed by atoms with Crippen molar-refractivity contribution in [2.24, 2.45) is 23.5 Å². The molecule has 1 heterocycles. The molecule has 108 valence electrons. The number of carbonyl (C=O) groups excluding carboxylic acids is 2. The highest BCUT2D eigenvalue weighted by atomic mass is 32.1. The second-order valence-corrected chi connectivity index (χ2v) is 7.35. The lowest BCUT2D eigenvalue weighted by molar-refractivity contribution is -0.121. The Hall–Kier alpha value is -1.36. The normalized spacial score (nSPS) is 27.8. The Bertz CT molecular complexity index is 579. The molecule has 1 aromatic rings. The highest BCUT2D eigenvalue weighted by molar-refractivity contribution is 7.16. The zero-order valence-corrected chi connectivity index (χ0v) is 12.7. The maximum absolute atomic E-state index is 12.4. The first-order valence-corrected chi connectivity index (χ1v) is 7.99. The van der Waals surface area contributed by atoms with Gasteiger partial charge in [0.2, 0.25) is 5.91 Å². The molecule has 0 unspecified atom stereocenters. The number of hydrogen-bond donors (Lipinski definition) is 2. The van der Waals surface area contributed by atoms with Gasteiger partial charge >= 0.3 is 0 Å². The van der Waals surface area contributed by atoms with Crippen molar-refractivity contribution < 1.29 is 9.59 Å². The molecule has 0 aliphatic heterocycles. The highest BCUT2D eigenvalue weighted by Gasteiger charge is 2.43. The SMILES string of the molecule is Cc1sc(NC(=O)[C@@H]2C[C@H]3CC[C@H]2C3)c(C(N)=O)c1C. The van der Waals surface area contributed by atoms with Crippen molar-refractivity contribution in [3.05, 3.63) is 16.0 Å². The van der Waals surface area contributed by atoms with Crippen molar-refractivity contribution in [3.8, 4) is 0 Å². The van der Waals surface area contributed by atoms with Crippen LogP contribution in [0.25, 0.3) is 0 Å². The van der Waals surface area contributed by atoms with E-state index in [0.29, 0.717) is 16.5 Å². The largest absolute Gasteiger partial charge is 0.365 e. The Balaban J connectivity index is 1.79. The third-order valence-corrected chi connectivity index (χ3v) is 6.07. The predicted octanol–water partition coefficient (Wildman–Crippen LogP) is 2.84. The first-order valence-electron chi connectivity index (χ1n) is 7.18. The number of nitrogens with one attached hydrogen (secondary N) is 1. The summed E-state index contributed by atoms with van der Waals surface area (Å²) in [5.41, 5.74) is 6.79. The summed E-state index contributed by atoms with van der Waals surface area (Å²) in [6.07, 6.45) is 4.65. The van der Waals surface area contributed by atoms with Crippen LogP contribution < -0.4 is 11.1 Å². The maximum atomic E-state index is 12.4. The van der Waals surface area contributed by atoms with Crippen LogP contribution in [-0.4, -0.2) is 11.8 Å². The van der Waals surface area contributed by atoms with Gasteiger partial charge in [0.15, 0.2) is 0 Å². The topological polar surface area (TPSA) is 72.2 Å². The van der Waals surface area contributed by atoms with Gasteiger partial charge in [-0.15, -0.1) is 11.3 Å². The molecule has 0 radical (unpaired) electrons. The monoisotopic (exact) mass is 292 g/mol. The summed E-state index contributed by atoms with van der Waals surface area (Å²) in [5.74, 6) is 1.01. The van der Waals surface area contributed by atoms with E-state index >= 15 is 0 Å². The van der Waals surface area contributed by atoms with Gasteiger partial charge < -0.3 is 11.1 Å². The lowest BCUT2D eigenvalue weighted by Gasteiger charge is -2.20. The molecule has 2 saturated carbocycles. The Morgan fingerprint density at radius 2 is 2.00 bits per heavy atom. The second kappa shape index (κ2) is 4.88. The van der Waals surface area contributed by atoms with Crippen molar-refractivity contribution in [2.75, 3.05) is 5.32 Å². The Morgan fingerprint density at radius 3 is 2.55 bits per heavy atom. The molecular weight excluding hydrogens is 272 g/mol. The number of amides is 2. The third kappa shape index (κ3) is 2.14. The van der Waals surface area contributed by atoms with Gasteiger partial charge in [0.25, 0.3) is 5.91 Å². The summed E-state index contributed by atoms with van der Waals surface area (Å²) in [5, 5.41) is 3.58. The van der Waals surface area contributed by atoms with E-state index in [-0.39, 0.29) is 11.8 Å². The molecule has 0 spiro atoms. The fourth-order valence-electron chi connectivity index (χ4n) is 3.78. The van der Waals surface area contributed by atoms with E-state index in [1.54, 1.807) is 0 Å². The van der Waals surface area contributed by atoms with Crippen molar-refractivity contribution in [1.29, 1.82) is 0 Å². The standard InChI is InChI=1S/C15H20N2O2S/c1-7-8(2)20-15(12(7)13(16)18)17-14(19)11-6-9-3-4-10(11)5-9/h9-11H,3-6H2,1-2H3,(H2,16,18)(H,17,19)/t9-,10-,11+/m0/s1. The van der Waals surface area contributed by atoms with Crippen LogP contribution in [0.1, 0.15) is 46.5 Å². The third-order valence-electron chi connectivity index (χ3n) is 4.94. The van der Waals surface area contributed by atoms with Gasteiger partial charge in [0, 0.05) is 10.8 Å². The Morgan fingerprint density at radius 1 is 1.25 bits per heavy atom. The number of rotatable bonds is 3. The minimum atomic E-state index is -0.463. The zero-order chi connectivity index (χ0) is 14.4. The molecule has 3 N–H and O–H groups in total. The number of carbonyl (C=O) groups is 2. The van der Waals surface area contributed by atoms with E-state index in [0.717, 1.165) is 22.8 Å². The van der Waals surface area contributed by atoms with Gasteiger partial charge in [-0.1, -0.05) is 6.42 Å². The maximum Gasteiger partial charge on any atom is 0.251 e. The smallest absolute Gasteiger partial charge is 0.251 e. The molecule has 0 aromatic carbocycles. The van der Waals surface area contributed by atoms with Crippen molar-refractivity contribution in [3.63, 3.8) is 0 Å². The van der Waals surface area contributed by atoms with E-state index in [1.807, 2.05) is 13.8 Å². The number of hydrogen-bond acceptors (Lipinski definition) is 3. The molecule has 2 bridgehead atoms. The molecule has 5 heteroatoms. The number of fused-ring (bicyclic) bond motifs is 2. The average Bonchev–Trinajstić information content (AvgIpc) is 3.05. The van der Waals surface area contributed by atoms with Gasteiger partial charge in [-0.05, 0) is 50.5 Å². The average molecular weight is 292 g/mol. The van der Waals surface area contributed by atoms with Crippen LogP contribution >= 0.6 is 11.3 Å². The van der Waals surface area contributed by atoms with Crippen molar-refractivity contribution >= 4 is 28.2 Å². The van der Waals surface area contributed by atoms with E-state index in [2.05, 4.69) is 5.32 Å². The minimum Gasteiger partial charge on any atom is -0.365 e. The molecule has 3 atom stereocenters. The summed E-state index contributed by atoms with van der Waals surface area (Å²) in [6, 6.07) is 0. The van der Waals surface area contributed by atoms with Crippen LogP contribution in [0.4, 0.5) is 5.00 Å². The Kier molecular flexibility index (Phi) is 3.32. The van der Waals surface area contributed by atoms with Crippen molar-refractivity contribution in [2.45, 2.75) is 39.5 Å². The summed E-state index contributed by atoms with van der Waals surface area (Å²) in [4.78, 5) is 25.0. The Labute approximate surface area is 122 Å². The van der Waals surface area contributed by atoms with Gasteiger partial charge in [0.05, 0.1) is 5.56 Å². The second-order valence-electron chi connectivity index (χ2n) is 6.12. The molecule has 0 saturated heterocycles. The van der Waals surface area contributed by atoms with E-state index in [9.17, 15) is 9.59 Å². The molecule has 20 heavy (non-hydrogen) atoms. The van der Waals surface area contributed by atoms with Gasteiger partial charge in [0.1, 0.15) is 5.00 Å². The number of aryl methyl sites for hydroxylation is 1. The minimum absolute atomic E-state index is 0.0703. The molecule has 3 rings (SSSR count). The predicted molar refractivity (Wildman–Crippen MR) is 79.9 cm³/mol. The van der Waals surface area contributed by atoms with E-state index in [4.69, 9.17) is 5.73 Å². The van der Waals surface area contributed by atoms with Crippen LogP contribution in [0, 0.1) is 31.6 Å². The quantitative estimate of drug-likeness (QED) is 0.899. The summed E-state index contributed by atoms with van der Waals surface area (Å²) in [6.45, 7) is 3.82. The van der Waals surface area contributed by atoms with E-state index in [1.165, 1.54) is 30.6 Å². The zero-order valence-electron chi connectivity index (χ0n) is 11.9. The molecule has 1 aromatic heterocycles. The summed E-state index contributed by atoms with van der Waals surface area (Å²) in [7, 11) is 0. The van der Waals surface area contributed by atoms with Crippen LogP contribution in [0.3, 0.4) is 0 Å². The number of nitrogens with two attached hydrogens (primary N) is 1. The van der Waals surface area contributed by atoms with Gasteiger partial charge in [-0.3, -0.25) is 9.59 Å². The molecular formula is C15H20N2O2S. The fourth-order valence-corrected chi connectivity index (χ4v) is 4.85. The van der Waals surface area contributed by atoms with E-state index < -0.39 is 5.91 Å². The molecule has 2 aliphatic carbocycles. The first kappa shape index (κ1) is 13.6. The number of thiophene rings is 1. The summed E-state index contributed by atoms with van der Waals surface area (Å²) >= 11 is 1.44. The molecule has 2 amide bonds.